The maximum absolute atomic E-state index is 12.2. The van der Waals surface area contributed by atoms with Crippen molar-refractivity contribution in [2.75, 3.05) is 42.3 Å². The summed E-state index contributed by atoms with van der Waals surface area (Å²) in [5, 5.41) is 2.87. The van der Waals surface area contributed by atoms with Crippen LogP contribution in [0.1, 0.15) is 10.4 Å². The van der Waals surface area contributed by atoms with E-state index in [4.69, 9.17) is 10.5 Å². The molecule has 0 unspecified atom stereocenters. The van der Waals surface area contributed by atoms with Crippen molar-refractivity contribution in [3.63, 3.8) is 0 Å². The van der Waals surface area contributed by atoms with E-state index in [1.54, 1.807) is 18.2 Å². The van der Waals surface area contributed by atoms with Crippen molar-refractivity contribution in [2.45, 2.75) is 0 Å². The van der Waals surface area contributed by atoms with Crippen LogP contribution < -0.4 is 16.0 Å². The number of hydrogen-bond donors (Lipinski definition) is 2. The molecule has 23 heavy (non-hydrogen) atoms. The van der Waals surface area contributed by atoms with Gasteiger partial charge in [0.1, 0.15) is 0 Å². The second-order valence-corrected chi connectivity index (χ2v) is 6.25. The van der Waals surface area contributed by atoms with E-state index in [0.717, 1.165) is 23.2 Å². The van der Waals surface area contributed by atoms with Crippen molar-refractivity contribution in [2.24, 2.45) is 0 Å². The summed E-state index contributed by atoms with van der Waals surface area (Å²) in [7, 11) is 0. The summed E-state index contributed by atoms with van der Waals surface area (Å²) in [6.45, 7) is 3.08. The number of anilines is 3. The minimum absolute atomic E-state index is 0.156. The largest absolute Gasteiger partial charge is 0.397 e. The molecular formula is C17H18BrN3O2. The van der Waals surface area contributed by atoms with E-state index in [2.05, 4.69) is 26.1 Å². The molecular weight excluding hydrogens is 358 g/mol. The summed E-state index contributed by atoms with van der Waals surface area (Å²) in [4.78, 5) is 14.4. The van der Waals surface area contributed by atoms with Gasteiger partial charge in [-0.3, -0.25) is 4.79 Å². The van der Waals surface area contributed by atoms with Crippen LogP contribution in [-0.2, 0) is 4.74 Å². The first kappa shape index (κ1) is 15.8. The SMILES string of the molecule is Nc1cc(NC(=O)c2ccc(Br)cc2)ccc1N1CCOCC1. The molecule has 0 radical (unpaired) electrons. The average molecular weight is 376 g/mol. The third-order valence-electron chi connectivity index (χ3n) is 3.74. The van der Waals surface area contributed by atoms with Crippen LogP contribution in [0.2, 0.25) is 0 Å². The molecule has 120 valence electrons. The van der Waals surface area contributed by atoms with E-state index in [1.807, 2.05) is 24.3 Å². The Labute approximate surface area is 143 Å². The van der Waals surface area contributed by atoms with Crippen molar-refractivity contribution in [3.8, 4) is 0 Å². The zero-order valence-corrected chi connectivity index (χ0v) is 14.2. The van der Waals surface area contributed by atoms with Crippen LogP contribution in [0.15, 0.2) is 46.9 Å². The third kappa shape index (κ3) is 3.83. The Bertz CT molecular complexity index is 697. The molecule has 0 aliphatic carbocycles. The summed E-state index contributed by atoms with van der Waals surface area (Å²) >= 11 is 3.35. The first-order chi connectivity index (χ1) is 11.1. The fourth-order valence-electron chi connectivity index (χ4n) is 2.53. The lowest BCUT2D eigenvalue weighted by molar-refractivity contribution is 0.102. The van der Waals surface area contributed by atoms with E-state index in [1.165, 1.54) is 0 Å². The number of benzene rings is 2. The molecule has 1 saturated heterocycles. The molecule has 2 aromatic carbocycles. The van der Waals surface area contributed by atoms with Gasteiger partial charge in [0.15, 0.2) is 0 Å². The van der Waals surface area contributed by atoms with Crippen molar-refractivity contribution in [3.05, 3.63) is 52.5 Å². The number of carbonyl (C=O) groups is 1. The second-order valence-electron chi connectivity index (χ2n) is 5.33. The number of rotatable bonds is 3. The monoisotopic (exact) mass is 375 g/mol. The maximum atomic E-state index is 12.2. The lowest BCUT2D eigenvalue weighted by Gasteiger charge is -2.30. The highest BCUT2D eigenvalue weighted by atomic mass is 79.9. The Morgan fingerprint density at radius 1 is 1.13 bits per heavy atom. The molecule has 1 amide bonds. The number of carbonyl (C=O) groups excluding carboxylic acids is 1. The highest BCUT2D eigenvalue weighted by molar-refractivity contribution is 9.10. The van der Waals surface area contributed by atoms with Crippen LogP contribution in [0.25, 0.3) is 0 Å². The van der Waals surface area contributed by atoms with Crippen LogP contribution in [-0.4, -0.2) is 32.2 Å². The van der Waals surface area contributed by atoms with Gasteiger partial charge in [0.25, 0.3) is 5.91 Å². The summed E-state index contributed by atoms with van der Waals surface area (Å²) in [5.41, 5.74) is 9.07. The first-order valence-electron chi connectivity index (χ1n) is 7.42. The van der Waals surface area contributed by atoms with Crippen molar-refractivity contribution in [1.82, 2.24) is 0 Å². The highest BCUT2D eigenvalue weighted by Gasteiger charge is 2.14. The Morgan fingerprint density at radius 2 is 1.83 bits per heavy atom. The molecule has 0 saturated carbocycles. The third-order valence-corrected chi connectivity index (χ3v) is 4.27. The predicted molar refractivity (Wildman–Crippen MR) is 96.0 cm³/mol. The fraction of sp³-hybridized carbons (Fsp3) is 0.235. The molecule has 0 atom stereocenters. The first-order valence-corrected chi connectivity index (χ1v) is 8.22. The summed E-state index contributed by atoms with van der Waals surface area (Å²) in [5.74, 6) is -0.156. The molecule has 0 bridgehead atoms. The molecule has 3 N–H and O–H groups in total. The van der Waals surface area contributed by atoms with Gasteiger partial charge in [0, 0.05) is 28.8 Å². The van der Waals surface area contributed by atoms with E-state index in [0.29, 0.717) is 30.2 Å². The number of amides is 1. The number of hydrogen-bond acceptors (Lipinski definition) is 4. The number of nitrogens with one attached hydrogen (secondary N) is 1. The van der Waals surface area contributed by atoms with Gasteiger partial charge in [0.05, 0.1) is 24.6 Å². The van der Waals surface area contributed by atoms with Gasteiger partial charge in [-0.15, -0.1) is 0 Å². The Kier molecular flexibility index (Phi) is 4.83. The van der Waals surface area contributed by atoms with Crippen LogP contribution in [0.5, 0.6) is 0 Å². The summed E-state index contributed by atoms with van der Waals surface area (Å²) < 4.78 is 6.29. The quantitative estimate of drug-likeness (QED) is 0.808. The lowest BCUT2D eigenvalue weighted by atomic mass is 10.2. The molecule has 1 heterocycles. The standard InChI is InChI=1S/C17H18BrN3O2/c18-13-3-1-12(2-4-13)17(22)20-14-5-6-16(15(19)11-14)21-7-9-23-10-8-21/h1-6,11H,7-10,19H2,(H,20,22). The van der Waals surface area contributed by atoms with Gasteiger partial charge in [-0.1, -0.05) is 15.9 Å². The molecule has 0 aromatic heterocycles. The maximum Gasteiger partial charge on any atom is 0.255 e. The molecule has 0 spiro atoms. The molecule has 1 fully saturated rings. The van der Waals surface area contributed by atoms with Gasteiger partial charge in [0.2, 0.25) is 0 Å². The van der Waals surface area contributed by atoms with Crippen LogP contribution >= 0.6 is 15.9 Å². The van der Waals surface area contributed by atoms with Crippen molar-refractivity contribution in [1.29, 1.82) is 0 Å². The average Bonchev–Trinajstić information content (AvgIpc) is 2.56. The van der Waals surface area contributed by atoms with Crippen LogP contribution in [0.4, 0.5) is 17.1 Å². The summed E-state index contributed by atoms with van der Waals surface area (Å²) in [6.07, 6.45) is 0. The molecule has 1 aliphatic rings. The molecule has 3 rings (SSSR count). The van der Waals surface area contributed by atoms with Gasteiger partial charge < -0.3 is 20.7 Å². The normalized spacial score (nSPS) is 14.6. The second kappa shape index (κ2) is 7.02. The molecule has 5 nitrogen and oxygen atoms in total. The van der Waals surface area contributed by atoms with E-state index in [9.17, 15) is 4.79 Å². The van der Waals surface area contributed by atoms with Crippen molar-refractivity contribution >= 4 is 38.9 Å². The topological polar surface area (TPSA) is 67.6 Å². The Hall–Kier alpha value is -2.05. The van der Waals surface area contributed by atoms with E-state index < -0.39 is 0 Å². The van der Waals surface area contributed by atoms with Gasteiger partial charge in [-0.2, -0.15) is 0 Å². The van der Waals surface area contributed by atoms with Crippen LogP contribution in [0.3, 0.4) is 0 Å². The number of halogens is 1. The fourth-order valence-corrected chi connectivity index (χ4v) is 2.79. The smallest absolute Gasteiger partial charge is 0.255 e. The van der Waals surface area contributed by atoms with Gasteiger partial charge in [-0.05, 0) is 42.5 Å². The lowest BCUT2D eigenvalue weighted by Crippen LogP contribution is -2.36. The number of morpholine rings is 1. The zero-order chi connectivity index (χ0) is 16.2. The van der Waals surface area contributed by atoms with Crippen LogP contribution in [0, 0.1) is 0 Å². The van der Waals surface area contributed by atoms with Crippen molar-refractivity contribution < 1.29 is 9.53 Å². The number of ether oxygens (including phenoxy) is 1. The highest BCUT2D eigenvalue weighted by Crippen LogP contribution is 2.27. The van der Waals surface area contributed by atoms with E-state index >= 15 is 0 Å². The Balaban J connectivity index is 1.72. The zero-order valence-electron chi connectivity index (χ0n) is 12.6. The molecule has 1 aliphatic heterocycles. The predicted octanol–water partition coefficient (Wildman–Crippen LogP) is 3.12. The molecule has 6 heteroatoms. The van der Waals surface area contributed by atoms with E-state index in [-0.39, 0.29) is 5.91 Å². The Morgan fingerprint density at radius 3 is 2.48 bits per heavy atom. The number of nitrogens with two attached hydrogens (primary N) is 1. The molecule has 2 aromatic rings. The summed E-state index contributed by atoms with van der Waals surface area (Å²) in [6, 6.07) is 12.8. The minimum atomic E-state index is -0.156. The van der Waals surface area contributed by atoms with Gasteiger partial charge in [-0.25, -0.2) is 0 Å². The minimum Gasteiger partial charge on any atom is -0.397 e. The van der Waals surface area contributed by atoms with Gasteiger partial charge >= 0.3 is 0 Å². The number of nitrogens with zero attached hydrogens (tertiary/aromatic N) is 1. The number of nitrogen functional groups attached to an aromatic ring is 1.